The van der Waals surface area contributed by atoms with E-state index in [1.165, 1.54) is 7.05 Å². The first kappa shape index (κ1) is 7.12. The fraction of sp³-hybridized carbons (Fsp3) is 0.200. The molecule has 0 aliphatic carbocycles. The van der Waals surface area contributed by atoms with Crippen molar-refractivity contribution in [1.82, 2.24) is 4.90 Å². The van der Waals surface area contributed by atoms with E-state index < -0.39 is 0 Å². The molecule has 0 radical (unpaired) electrons. The van der Waals surface area contributed by atoms with E-state index in [-0.39, 0.29) is 11.8 Å². The lowest BCUT2D eigenvalue weighted by Crippen LogP contribution is -2.27. The van der Waals surface area contributed by atoms with E-state index in [2.05, 4.69) is 0 Å². The van der Waals surface area contributed by atoms with Crippen molar-refractivity contribution in [3.63, 3.8) is 0 Å². The number of nitrogens with zero attached hydrogens (tertiary/aromatic N) is 1. The lowest BCUT2D eigenvalue weighted by Gasteiger charge is -2.04. The van der Waals surface area contributed by atoms with Gasteiger partial charge in [-0.1, -0.05) is 0 Å². The number of imide groups is 1. The smallest absolute Gasteiger partial charge is 0.246 e. The molecule has 0 saturated carbocycles. The molecule has 0 aromatic heterocycles. The topological polar surface area (TPSA) is 37.4 Å². The number of amides is 2. The summed E-state index contributed by atoms with van der Waals surface area (Å²) in [5, 5.41) is 0. The Kier molecular flexibility index (Phi) is 1.43. The molecular formula is C5H7B2NO2. The van der Waals surface area contributed by atoms with E-state index in [1.807, 2.05) is 0 Å². The van der Waals surface area contributed by atoms with Crippen molar-refractivity contribution in [2.24, 2.45) is 0 Å². The molecule has 50 valence electrons. The van der Waals surface area contributed by atoms with E-state index in [1.54, 1.807) is 15.7 Å². The van der Waals surface area contributed by atoms with Crippen LogP contribution in [0.3, 0.4) is 0 Å². The average Bonchev–Trinajstić information content (AvgIpc) is 2.07. The van der Waals surface area contributed by atoms with Gasteiger partial charge in [0.15, 0.2) is 0 Å². The van der Waals surface area contributed by atoms with Crippen molar-refractivity contribution >= 4 is 27.5 Å². The van der Waals surface area contributed by atoms with Crippen molar-refractivity contribution < 1.29 is 9.59 Å². The van der Waals surface area contributed by atoms with Crippen LogP contribution < -0.4 is 0 Å². The molecule has 0 aromatic rings. The van der Waals surface area contributed by atoms with Crippen molar-refractivity contribution in [2.75, 3.05) is 7.05 Å². The van der Waals surface area contributed by atoms with Gasteiger partial charge in [0.25, 0.3) is 0 Å². The van der Waals surface area contributed by atoms with E-state index in [0.717, 1.165) is 4.90 Å². The monoisotopic (exact) mass is 135 g/mol. The van der Waals surface area contributed by atoms with Crippen LogP contribution in [0.25, 0.3) is 0 Å². The van der Waals surface area contributed by atoms with E-state index in [4.69, 9.17) is 0 Å². The van der Waals surface area contributed by atoms with Gasteiger partial charge < -0.3 is 0 Å². The minimum Gasteiger partial charge on any atom is -0.280 e. The molecule has 0 aromatic carbocycles. The quantitative estimate of drug-likeness (QED) is 0.271. The van der Waals surface area contributed by atoms with Crippen LogP contribution in [-0.4, -0.2) is 39.5 Å². The number of likely N-dealkylation sites (N-methyl/N-ethyl adjacent to an activating group) is 1. The van der Waals surface area contributed by atoms with Gasteiger partial charge in [-0.3, -0.25) is 14.5 Å². The second-order valence-corrected chi connectivity index (χ2v) is 2.42. The molecule has 10 heavy (non-hydrogen) atoms. The Balaban J connectivity index is 3.11. The molecule has 1 heterocycles. The molecule has 1 aliphatic rings. The van der Waals surface area contributed by atoms with Crippen molar-refractivity contribution in [3.8, 4) is 0 Å². The maximum absolute atomic E-state index is 11.0. The molecule has 0 atom stereocenters. The number of carbonyl (C=O) groups excluding carboxylic acids is 2. The molecule has 0 unspecified atom stereocenters. The van der Waals surface area contributed by atoms with Crippen molar-refractivity contribution in [2.45, 2.75) is 0 Å². The predicted molar refractivity (Wildman–Crippen MR) is 41.9 cm³/mol. The van der Waals surface area contributed by atoms with Gasteiger partial charge in [-0.2, -0.15) is 0 Å². The van der Waals surface area contributed by atoms with Crippen LogP contribution in [0.1, 0.15) is 0 Å². The van der Waals surface area contributed by atoms with Crippen LogP contribution in [0.4, 0.5) is 0 Å². The first-order valence-electron chi connectivity index (χ1n) is 3.05. The van der Waals surface area contributed by atoms with Gasteiger partial charge in [0, 0.05) is 7.05 Å². The van der Waals surface area contributed by atoms with Crippen LogP contribution in [0.15, 0.2) is 10.9 Å². The molecule has 5 heteroatoms. The highest BCUT2D eigenvalue weighted by molar-refractivity contribution is 6.53. The zero-order valence-corrected chi connectivity index (χ0v) is 6.26. The molecule has 1 aliphatic heterocycles. The van der Waals surface area contributed by atoms with Crippen molar-refractivity contribution in [1.29, 1.82) is 0 Å². The Bertz CT molecular complexity index is 222. The number of hydrogen-bond donors (Lipinski definition) is 0. The summed E-state index contributed by atoms with van der Waals surface area (Å²) in [5.74, 6) is -0.356. The van der Waals surface area contributed by atoms with Gasteiger partial charge >= 0.3 is 0 Å². The molecule has 0 N–H and O–H groups in total. The highest BCUT2D eigenvalue weighted by Gasteiger charge is 2.28. The molecule has 0 spiro atoms. The van der Waals surface area contributed by atoms with E-state index >= 15 is 0 Å². The maximum atomic E-state index is 11.0. The van der Waals surface area contributed by atoms with Gasteiger partial charge in [-0.15, -0.1) is 0 Å². The predicted octanol–water partition coefficient (Wildman–Crippen LogP) is -2.54. The minimum absolute atomic E-state index is 0.178. The van der Waals surface area contributed by atoms with E-state index in [0.29, 0.717) is 10.9 Å². The minimum atomic E-state index is -0.178. The van der Waals surface area contributed by atoms with Gasteiger partial charge in [-0.05, 0) is 10.9 Å². The van der Waals surface area contributed by atoms with Gasteiger partial charge in [0.05, 0.1) is 0 Å². The van der Waals surface area contributed by atoms with Crippen molar-refractivity contribution in [3.05, 3.63) is 10.9 Å². The summed E-state index contributed by atoms with van der Waals surface area (Å²) >= 11 is 0. The molecule has 1 rings (SSSR count). The largest absolute Gasteiger partial charge is 0.280 e. The fourth-order valence-corrected chi connectivity index (χ4v) is 0.916. The van der Waals surface area contributed by atoms with Crippen LogP contribution in [-0.2, 0) is 9.59 Å². The number of hydrogen-bond acceptors (Lipinski definition) is 2. The summed E-state index contributed by atoms with van der Waals surface area (Å²) in [7, 11) is 4.82. The zero-order valence-electron chi connectivity index (χ0n) is 6.26. The Hall–Kier alpha value is -0.990. The third kappa shape index (κ3) is 0.701. The number of rotatable bonds is 0. The molecule has 0 fully saturated rings. The average molecular weight is 135 g/mol. The molecule has 3 nitrogen and oxygen atoms in total. The summed E-state index contributed by atoms with van der Waals surface area (Å²) < 4.78 is 0. The fourth-order valence-electron chi connectivity index (χ4n) is 0.916. The molecular weight excluding hydrogens is 128 g/mol. The Morgan fingerprint density at radius 2 is 1.40 bits per heavy atom. The highest BCUT2D eigenvalue weighted by atomic mass is 16.2. The normalized spacial score (nSPS) is 19.1. The van der Waals surface area contributed by atoms with Gasteiger partial charge in [0.2, 0.25) is 11.8 Å². The zero-order chi connectivity index (χ0) is 7.89. The molecule has 0 saturated heterocycles. The molecule has 2 amide bonds. The Morgan fingerprint density at radius 3 is 1.50 bits per heavy atom. The second-order valence-electron chi connectivity index (χ2n) is 2.42. The summed E-state index contributed by atoms with van der Waals surface area (Å²) in [6.07, 6.45) is 0. The lowest BCUT2D eigenvalue weighted by atomic mass is 9.82. The highest BCUT2D eigenvalue weighted by Crippen LogP contribution is 2.12. The Labute approximate surface area is 60.9 Å². The van der Waals surface area contributed by atoms with Crippen LogP contribution in [0, 0.1) is 0 Å². The second kappa shape index (κ2) is 2.01. The third-order valence-corrected chi connectivity index (χ3v) is 1.81. The first-order valence-corrected chi connectivity index (χ1v) is 3.05. The summed E-state index contributed by atoms with van der Waals surface area (Å²) in [6, 6.07) is 0. The third-order valence-electron chi connectivity index (χ3n) is 1.81. The van der Waals surface area contributed by atoms with Gasteiger partial charge in [0.1, 0.15) is 15.7 Å². The summed E-state index contributed by atoms with van der Waals surface area (Å²) in [6.45, 7) is 0. The molecule has 0 bridgehead atoms. The van der Waals surface area contributed by atoms with Crippen LogP contribution in [0.5, 0.6) is 0 Å². The Morgan fingerprint density at radius 1 is 1.10 bits per heavy atom. The van der Waals surface area contributed by atoms with E-state index in [9.17, 15) is 9.59 Å². The first-order chi connectivity index (χ1) is 4.55. The number of carbonyl (C=O) groups is 2. The van der Waals surface area contributed by atoms with Crippen LogP contribution in [0.2, 0.25) is 0 Å². The van der Waals surface area contributed by atoms with Gasteiger partial charge in [-0.25, -0.2) is 0 Å². The summed E-state index contributed by atoms with van der Waals surface area (Å²) in [4.78, 5) is 23.1. The SMILES string of the molecule is BC1=C(B)C(=O)N(C)C1=O. The maximum Gasteiger partial charge on any atom is 0.246 e. The summed E-state index contributed by atoms with van der Waals surface area (Å²) in [5.41, 5.74) is 1.13. The van der Waals surface area contributed by atoms with Crippen LogP contribution >= 0.6 is 0 Å². The standard InChI is InChI=1S/C5H7B2NO2/c1-8-4(9)2(6)3(7)5(8)10/h6-7H2,1H3. The lowest BCUT2D eigenvalue weighted by molar-refractivity contribution is -0.135.